The molecule has 0 aromatic heterocycles. The third kappa shape index (κ3) is 4.37. The van der Waals surface area contributed by atoms with E-state index in [0.717, 1.165) is 12.1 Å². The summed E-state index contributed by atoms with van der Waals surface area (Å²) in [6.07, 6.45) is 0.705. The molecule has 142 valence electrons. The second-order valence-electron chi connectivity index (χ2n) is 5.74. The lowest BCUT2D eigenvalue weighted by molar-refractivity contribution is -0.136. The van der Waals surface area contributed by atoms with Crippen molar-refractivity contribution in [2.45, 2.75) is 26.3 Å². The molecule has 0 bridgehead atoms. The Hall–Kier alpha value is -2.06. The lowest BCUT2D eigenvalue weighted by atomic mass is 9.94. The van der Waals surface area contributed by atoms with E-state index in [2.05, 4.69) is 5.32 Å². The Labute approximate surface area is 157 Å². The van der Waals surface area contributed by atoms with Crippen LogP contribution in [0.5, 0.6) is 0 Å². The SMILES string of the molecule is CCOCCCN1C(=S)N[C@@H](c2ccc(F)cc2F)C(C(=O)OC)=C1C. The number of allylic oxidation sites excluding steroid dienone is 1. The predicted octanol–water partition coefficient (Wildman–Crippen LogP) is 3.07. The number of rotatable bonds is 7. The Morgan fingerprint density at radius 1 is 1.38 bits per heavy atom. The van der Waals surface area contributed by atoms with Crippen LogP contribution in [-0.4, -0.2) is 42.8 Å². The first-order valence-corrected chi connectivity index (χ1v) is 8.71. The van der Waals surface area contributed by atoms with Crippen LogP contribution in [0.25, 0.3) is 0 Å². The third-order valence-corrected chi connectivity index (χ3v) is 4.49. The Bertz CT molecular complexity index is 724. The number of thiocarbonyl (C=S) groups is 1. The number of halogens is 2. The first-order chi connectivity index (χ1) is 12.4. The molecule has 1 aromatic rings. The van der Waals surface area contributed by atoms with Gasteiger partial charge in [0.25, 0.3) is 0 Å². The molecule has 0 saturated heterocycles. The monoisotopic (exact) mass is 384 g/mol. The number of carbonyl (C=O) groups excluding carboxylic acids is 1. The molecule has 0 aliphatic carbocycles. The second kappa shape index (κ2) is 9.05. The molecular formula is C18H22F2N2O3S. The van der Waals surface area contributed by atoms with Crippen molar-refractivity contribution >= 4 is 23.3 Å². The van der Waals surface area contributed by atoms with E-state index >= 15 is 0 Å². The fourth-order valence-corrected chi connectivity index (χ4v) is 3.21. The van der Waals surface area contributed by atoms with Gasteiger partial charge < -0.3 is 19.7 Å². The summed E-state index contributed by atoms with van der Waals surface area (Å²) >= 11 is 5.40. The van der Waals surface area contributed by atoms with Crippen molar-refractivity contribution in [1.82, 2.24) is 10.2 Å². The van der Waals surface area contributed by atoms with Crippen LogP contribution in [0.3, 0.4) is 0 Å². The standard InChI is InChI=1S/C18H22F2N2O3S/c1-4-25-9-5-8-22-11(2)15(17(23)24-3)16(21-18(22)26)13-7-6-12(19)10-14(13)20/h6-7,10,16H,4-5,8-9H2,1-3H3,(H,21,26)/t16-/m0/s1. The Morgan fingerprint density at radius 2 is 2.12 bits per heavy atom. The molecule has 1 aromatic carbocycles. The average molecular weight is 384 g/mol. The van der Waals surface area contributed by atoms with E-state index in [1.54, 1.807) is 11.8 Å². The topological polar surface area (TPSA) is 50.8 Å². The second-order valence-corrected chi connectivity index (χ2v) is 6.13. The zero-order chi connectivity index (χ0) is 19.3. The van der Waals surface area contributed by atoms with Crippen LogP contribution in [0.2, 0.25) is 0 Å². The maximum Gasteiger partial charge on any atom is 0.337 e. The van der Waals surface area contributed by atoms with Gasteiger partial charge in [-0.3, -0.25) is 0 Å². The predicted molar refractivity (Wildman–Crippen MR) is 97.4 cm³/mol. The van der Waals surface area contributed by atoms with Gasteiger partial charge in [0.1, 0.15) is 11.6 Å². The average Bonchev–Trinajstić information content (AvgIpc) is 2.60. The minimum Gasteiger partial charge on any atom is -0.466 e. The molecule has 0 spiro atoms. The summed E-state index contributed by atoms with van der Waals surface area (Å²) in [7, 11) is 1.26. The fourth-order valence-electron chi connectivity index (χ4n) is 2.86. The fraction of sp³-hybridized carbons (Fsp3) is 0.444. The molecule has 0 radical (unpaired) electrons. The third-order valence-electron chi connectivity index (χ3n) is 4.15. The molecule has 1 atom stereocenters. The first kappa shape index (κ1) is 20.3. The number of hydrogen-bond donors (Lipinski definition) is 1. The van der Waals surface area contributed by atoms with Crippen molar-refractivity contribution in [3.05, 3.63) is 46.7 Å². The lowest BCUT2D eigenvalue weighted by Crippen LogP contribution is -2.48. The first-order valence-electron chi connectivity index (χ1n) is 8.30. The Balaban J connectivity index is 2.39. The summed E-state index contributed by atoms with van der Waals surface area (Å²) in [5.41, 5.74) is 0.941. The van der Waals surface area contributed by atoms with Gasteiger partial charge in [-0.1, -0.05) is 6.07 Å². The highest BCUT2D eigenvalue weighted by atomic mass is 32.1. The quantitative estimate of drug-likeness (QED) is 0.443. The maximum absolute atomic E-state index is 14.3. The normalized spacial score (nSPS) is 17.3. The molecule has 1 aliphatic rings. The number of hydrogen-bond acceptors (Lipinski definition) is 4. The van der Waals surface area contributed by atoms with Crippen LogP contribution in [0, 0.1) is 11.6 Å². The van der Waals surface area contributed by atoms with E-state index < -0.39 is 23.6 Å². The van der Waals surface area contributed by atoms with Gasteiger partial charge in [-0.05, 0) is 38.6 Å². The summed E-state index contributed by atoms with van der Waals surface area (Å²) in [5, 5.41) is 3.34. The van der Waals surface area contributed by atoms with Crippen LogP contribution in [-0.2, 0) is 14.3 Å². The van der Waals surface area contributed by atoms with Crippen LogP contribution in [0.4, 0.5) is 8.78 Å². The van der Waals surface area contributed by atoms with Crippen molar-refractivity contribution in [3.8, 4) is 0 Å². The number of esters is 1. The van der Waals surface area contributed by atoms with Gasteiger partial charge in [0.2, 0.25) is 0 Å². The number of methoxy groups -OCH3 is 1. The highest BCUT2D eigenvalue weighted by Gasteiger charge is 2.35. The zero-order valence-electron chi connectivity index (χ0n) is 15.0. The van der Waals surface area contributed by atoms with E-state index in [-0.39, 0.29) is 11.1 Å². The van der Waals surface area contributed by atoms with Crippen LogP contribution in [0.15, 0.2) is 29.5 Å². The van der Waals surface area contributed by atoms with Crippen molar-refractivity contribution in [3.63, 3.8) is 0 Å². The molecule has 26 heavy (non-hydrogen) atoms. The van der Waals surface area contributed by atoms with Crippen molar-refractivity contribution < 1.29 is 23.0 Å². The summed E-state index contributed by atoms with van der Waals surface area (Å²) in [6.45, 7) is 5.37. The summed E-state index contributed by atoms with van der Waals surface area (Å²) in [5.74, 6) is -2.05. The highest BCUT2D eigenvalue weighted by Crippen LogP contribution is 2.32. The number of ether oxygens (including phenoxy) is 2. The molecule has 0 amide bonds. The van der Waals surface area contributed by atoms with Gasteiger partial charge in [0.15, 0.2) is 5.11 Å². The van der Waals surface area contributed by atoms with E-state index in [0.29, 0.717) is 37.0 Å². The molecule has 0 unspecified atom stereocenters. The molecule has 0 saturated carbocycles. The molecule has 2 rings (SSSR count). The van der Waals surface area contributed by atoms with E-state index in [9.17, 15) is 13.6 Å². The highest BCUT2D eigenvalue weighted by molar-refractivity contribution is 7.80. The Kier molecular flexibility index (Phi) is 7.05. The van der Waals surface area contributed by atoms with Gasteiger partial charge in [-0.15, -0.1) is 0 Å². The summed E-state index contributed by atoms with van der Waals surface area (Å²) in [6, 6.07) is 2.37. The summed E-state index contributed by atoms with van der Waals surface area (Å²) in [4.78, 5) is 14.1. The van der Waals surface area contributed by atoms with Crippen molar-refractivity contribution in [2.75, 3.05) is 26.9 Å². The van der Waals surface area contributed by atoms with E-state index in [4.69, 9.17) is 21.7 Å². The van der Waals surface area contributed by atoms with Gasteiger partial charge >= 0.3 is 5.97 Å². The minimum atomic E-state index is -0.848. The van der Waals surface area contributed by atoms with Crippen LogP contribution in [0.1, 0.15) is 31.9 Å². The summed E-state index contributed by atoms with van der Waals surface area (Å²) < 4.78 is 37.7. The Morgan fingerprint density at radius 3 is 2.73 bits per heavy atom. The van der Waals surface area contributed by atoms with Gasteiger partial charge in [0.05, 0.1) is 18.7 Å². The molecular weight excluding hydrogens is 362 g/mol. The zero-order valence-corrected chi connectivity index (χ0v) is 15.8. The van der Waals surface area contributed by atoms with E-state index in [1.807, 2.05) is 6.92 Å². The minimum absolute atomic E-state index is 0.127. The number of carbonyl (C=O) groups is 1. The van der Waals surface area contributed by atoms with E-state index in [1.165, 1.54) is 13.2 Å². The van der Waals surface area contributed by atoms with Crippen molar-refractivity contribution in [1.29, 1.82) is 0 Å². The number of nitrogens with zero attached hydrogens (tertiary/aromatic N) is 1. The molecule has 5 nitrogen and oxygen atoms in total. The molecule has 1 heterocycles. The van der Waals surface area contributed by atoms with Gasteiger partial charge in [0, 0.05) is 37.1 Å². The van der Waals surface area contributed by atoms with Crippen LogP contribution < -0.4 is 5.32 Å². The van der Waals surface area contributed by atoms with Crippen LogP contribution >= 0.6 is 12.2 Å². The van der Waals surface area contributed by atoms with Gasteiger partial charge in [-0.25, -0.2) is 13.6 Å². The van der Waals surface area contributed by atoms with Crippen molar-refractivity contribution in [2.24, 2.45) is 0 Å². The molecule has 0 fully saturated rings. The lowest BCUT2D eigenvalue weighted by Gasteiger charge is -2.37. The number of benzene rings is 1. The maximum atomic E-state index is 14.3. The molecule has 1 N–H and O–H groups in total. The molecule has 1 aliphatic heterocycles. The smallest absolute Gasteiger partial charge is 0.337 e. The number of nitrogens with one attached hydrogen (secondary N) is 1. The van der Waals surface area contributed by atoms with Gasteiger partial charge in [-0.2, -0.15) is 0 Å². The molecule has 8 heteroatoms. The largest absolute Gasteiger partial charge is 0.466 e.